The molecule has 2 unspecified atom stereocenters. The number of ether oxygens (including phenoxy) is 1. The van der Waals surface area contributed by atoms with Crippen molar-refractivity contribution in [2.24, 2.45) is 5.92 Å². The molecular weight excluding hydrogens is 254 g/mol. The molecule has 0 radical (unpaired) electrons. The fourth-order valence-electron chi connectivity index (χ4n) is 3.67. The lowest BCUT2D eigenvalue weighted by Crippen LogP contribution is -2.49. The van der Waals surface area contributed by atoms with E-state index in [1.165, 1.54) is 63.0 Å². The molecule has 19 heavy (non-hydrogen) atoms. The monoisotopic (exact) mass is 281 g/mol. The zero-order valence-corrected chi connectivity index (χ0v) is 12.7. The van der Waals surface area contributed by atoms with Gasteiger partial charge in [0.25, 0.3) is 0 Å². The van der Waals surface area contributed by atoms with Gasteiger partial charge < -0.3 is 10.1 Å². The van der Waals surface area contributed by atoms with Crippen molar-refractivity contribution in [1.29, 1.82) is 0 Å². The second-order valence-electron chi connectivity index (χ2n) is 6.39. The Morgan fingerprint density at radius 3 is 2.89 bits per heavy atom. The molecule has 0 saturated carbocycles. The summed E-state index contributed by atoms with van der Waals surface area (Å²) in [4.78, 5) is 0. The molecule has 3 heteroatoms. The van der Waals surface area contributed by atoms with Crippen molar-refractivity contribution in [3.63, 3.8) is 0 Å². The van der Waals surface area contributed by atoms with E-state index in [2.05, 4.69) is 29.2 Å². The van der Waals surface area contributed by atoms with E-state index in [0.717, 1.165) is 12.5 Å². The first-order valence-corrected chi connectivity index (χ1v) is 9.12. The van der Waals surface area contributed by atoms with Gasteiger partial charge in [-0.3, -0.25) is 0 Å². The topological polar surface area (TPSA) is 21.3 Å². The minimum absolute atomic E-state index is 0.230. The van der Waals surface area contributed by atoms with Gasteiger partial charge in [0.05, 0.1) is 5.60 Å². The molecule has 2 aliphatic heterocycles. The molecule has 1 aliphatic carbocycles. The van der Waals surface area contributed by atoms with Crippen LogP contribution in [0.4, 0.5) is 0 Å². The van der Waals surface area contributed by atoms with E-state index in [1.54, 1.807) is 0 Å². The van der Waals surface area contributed by atoms with Crippen molar-refractivity contribution in [2.45, 2.75) is 56.6 Å². The average molecular weight is 281 g/mol. The zero-order chi connectivity index (χ0) is 13.0. The predicted molar refractivity (Wildman–Crippen MR) is 82.7 cm³/mol. The lowest BCUT2D eigenvalue weighted by atomic mass is 9.85. The minimum atomic E-state index is 0.230. The van der Waals surface area contributed by atoms with E-state index in [1.807, 2.05) is 0 Å². The van der Waals surface area contributed by atoms with Crippen LogP contribution in [0.25, 0.3) is 0 Å². The SMILES string of the molecule is C1=CCC(CNC2CCOC3(CCSCC3)C2)CC1. The largest absolute Gasteiger partial charge is 0.375 e. The number of rotatable bonds is 3. The van der Waals surface area contributed by atoms with Crippen molar-refractivity contribution in [3.05, 3.63) is 12.2 Å². The van der Waals surface area contributed by atoms with Crippen LogP contribution < -0.4 is 5.32 Å². The van der Waals surface area contributed by atoms with E-state index < -0.39 is 0 Å². The van der Waals surface area contributed by atoms with E-state index in [0.29, 0.717) is 6.04 Å². The minimum Gasteiger partial charge on any atom is -0.375 e. The van der Waals surface area contributed by atoms with Crippen LogP contribution in [0.3, 0.4) is 0 Å². The summed E-state index contributed by atoms with van der Waals surface area (Å²) in [5.41, 5.74) is 0.230. The molecule has 2 fully saturated rings. The maximum atomic E-state index is 6.16. The molecule has 2 heterocycles. The van der Waals surface area contributed by atoms with Crippen LogP contribution in [0.1, 0.15) is 44.9 Å². The average Bonchev–Trinajstić information content (AvgIpc) is 2.47. The lowest BCUT2D eigenvalue weighted by molar-refractivity contribution is -0.0934. The molecule has 1 N–H and O–H groups in total. The van der Waals surface area contributed by atoms with Crippen molar-refractivity contribution < 1.29 is 4.74 Å². The molecule has 0 aromatic rings. The Bertz CT molecular complexity index is 306. The fraction of sp³-hybridized carbons (Fsp3) is 0.875. The highest BCUT2D eigenvalue weighted by atomic mass is 32.2. The van der Waals surface area contributed by atoms with Gasteiger partial charge in [0.1, 0.15) is 0 Å². The van der Waals surface area contributed by atoms with E-state index >= 15 is 0 Å². The van der Waals surface area contributed by atoms with Crippen LogP contribution in [0, 0.1) is 5.92 Å². The van der Waals surface area contributed by atoms with Crippen LogP contribution in [-0.4, -0.2) is 36.3 Å². The van der Waals surface area contributed by atoms with Crippen molar-refractivity contribution in [3.8, 4) is 0 Å². The maximum absolute atomic E-state index is 6.16. The molecule has 0 bridgehead atoms. The molecule has 0 aromatic heterocycles. The second kappa shape index (κ2) is 6.64. The summed E-state index contributed by atoms with van der Waals surface area (Å²) in [7, 11) is 0. The summed E-state index contributed by atoms with van der Waals surface area (Å²) in [6.45, 7) is 2.17. The van der Waals surface area contributed by atoms with Crippen molar-refractivity contribution in [1.82, 2.24) is 5.32 Å². The van der Waals surface area contributed by atoms with Crippen LogP contribution >= 0.6 is 11.8 Å². The normalized spacial score (nSPS) is 34.5. The van der Waals surface area contributed by atoms with Crippen molar-refractivity contribution >= 4 is 11.8 Å². The highest BCUT2D eigenvalue weighted by molar-refractivity contribution is 7.99. The number of nitrogens with one attached hydrogen (secondary N) is 1. The highest BCUT2D eigenvalue weighted by Gasteiger charge is 2.38. The summed E-state index contributed by atoms with van der Waals surface area (Å²) in [5.74, 6) is 3.45. The molecular formula is C16H27NOS. The lowest BCUT2D eigenvalue weighted by Gasteiger charge is -2.43. The van der Waals surface area contributed by atoms with Gasteiger partial charge >= 0.3 is 0 Å². The summed E-state index contributed by atoms with van der Waals surface area (Å²) in [5, 5.41) is 3.84. The standard InChI is InChI=1S/C16H27NOS/c1-2-4-14(5-3-1)13-17-15-6-9-18-16(12-15)7-10-19-11-8-16/h1-2,14-15,17H,3-13H2. The Balaban J connectivity index is 1.46. The molecule has 2 atom stereocenters. The molecule has 3 rings (SSSR count). The fourth-order valence-corrected chi connectivity index (χ4v) is 4.91. The number of hydrogen-bond acceptors (Lipinski definition) is 3. The van der Waals surface area contributed by atoms with Gasteiger partial charge in [-0.15, -0.1) is 0 Å². The Labute approximate surface area is 121 Å². The Morgan fingerprint density at radius 2 is 2.11 bits per heavy atom. The van der Waals surface area contributed by atoms with Gasteiger partial charge in [0.15, 0.2) is 0 Å². The summed E-state index contributed by atoms with van der Waals surface area (Å²) >= 11 is 2.09. The number of thioether (sulfide) groups is 1. The molecule has 0 amide bonds. The molecule has 2 nitrogen and oxygen atoms in total. The maximum Gasteiger partial charge on any atom is 0.0713 e. The first-order chi connectivity index (χ1) is 9.36. The Kier molecular flexibility index (Phi) is 4.88. The smallest absolute Gasteiger partial charge is 0.0713 e. The Hall–Kier alpha value is 0.0100. The van der Waals surface area contributed by atoms with Gasteiger partial charge in [-0.05, 0) is 68.9 Å². The van der Waals surface area contributed by atoms with Gasteiger partial charge in [-0.2, -0.15) is 11.8 Å². The summed E-state index contributed by atoms with van der Waals surface area (Å²) in [6, 6.07) is 0.697. The highest BCUT2D eigenvalue weighted by Crippen LogP contribution is 2.37. The van der Waals surface area contributed by atoms with Crippen molar-refractivity contribution in [2.75, 3.05) is 24.7 Å². The molecule has 2 saturated heterocycles. The van der Waals surface area contributed by atoms with Gasteiger partial charge in [-0.25, -0.2) is 0 Å². The quantitative estimate of drug-likeness (QED) is 0.801. The number of allylic oxidation sites excluding steroid dienone is 2. The van der Waals surface area contributed by atoms with Crippen LogP contribution in [0.2, 0.25) is 0 Å². The van der Waals surface area contributed by atoms with E-state index in [4.69, 9.17) is 4.74 Å². The molecule has 3 aliphatic rings. The summed E-state index contributed by atoms with van der Waals surface area (Å²) in [6.07, 6.45) is 13.6. The van der Waals surface area contributed by atoms with E-state index in [9.17, 15) is 0 Å². The second-order valence-corrected chi connectivity index (χ2v) is 7.62. The molecule has 108 valence electrons. The van der Waals surface area contributed by atoms with Gasteiger partial charge in [0, 0.05) is 12.6 Å². The van der Waals surface area contributed by atoms with Crippen LogP contribution in [0.15, 0.2) is 12.2 Å². The van der Waals surface area contributed by atoms with E-state index in [-0.39, 0.29) is 5.60 Å². The first-order valence-electron chi connectivity index (χ1n) is 7.96. The zero-order valence-electron chi connectivity index (χ0n) is 11.9. The third-order valence-electron chi connectivity index (χ3n) is 4.97. The van der Waals surface area contributed by atoms with Gasteiger partial charge in [-0.1, -0.05) is 12.2 Å². The molecule has 0 aromatic carbocycles. The third kappa shape index (κ3) is 3.77. The van der Waals surface area contributed by atoms with Crippen LogP contribution in [0.5, 0.6) is 0 Å². The first kappa shape index (κ1) is 14.0. The predicted octanol–water partition coefficient (Wildman–Crippen LogP) is 3.38. The number of hydrogen-bond donors (Lipinski definition) is 1. The van der Waals surface area contributed by atoms with Crippen LogP contribution in [-0.2, 0) is 4.74 Å². The van der Waals surface area contributed by atoms with Gasteiger partial charge in [0.2, 0.25) is 0 Å². The summed E-state index contributed by atoms with van der Waals surface area (Å²) < 4.78 is 6.16. The molecule has 1 spiro atoms. The third-order valence-corrected chi connectivity index (χ3v) is 5.96. The Morgan fingerprint density at radius 1 is 1.21 bits per heavy atom.